The molecule has 0 radical (unpaired) electrons. The first kappa shape index (κ1) is 13.7. The molecule has 94 valence electrons. The Labute approximate surface area is 99.1 Å². The molecule has 0 saturated carbocycles. The van der Waals surface area contributed by atoms with Crippen molar-refractivity contribution < 1.29 is 9.53 Å². The highest BCUT2D eigenvalue weighted by Gasteiger charge is 2.13. The van der Waals surface area contributed by atoms with Crippen LogP contribution in [0.15, 0.2) is 0 Å². The summed E-state index contributed by atoms with van der Waals surface area (Å²) >= 11 is 0. The number of rotatable bonds is 8. The van der Waals surface area contributed by atoms with Gasteiger partial charge in [-0.05, 0) is 6.42 Å². The number of ether oxygens (including phenoxy) is 1. The van der Waals surface area contributed by atoms with E-state index in [-0.39, 0.29) is 0 Å². The summed E-state index contributed by atoms with van der Waals surface area (Å²) in [4.78, 5) is 13.9. The molecule has 0 amide bonds. The highest BCUT2D eigenvalue weighted by Crippen LogP contribution is 2.06. The molecule has 1 saturated heterocycles. The Kier molecular flexibility index (Phi) is 7.43. The molecule has 0 unspecified atom stereocenters. The van der Waals surface area contributed by atoms with E-state index in [0.29, 0.717) is 12.3 Å². The first-order chi connectivity index (χ1) is 7.83. The van der Waals surface area contributed by atoms with Gasteiger partial charge in [0.2, 0.25) is 0 Å². The number of Topliss-reactive ketones (excluding diaryl/α,β-unsaturated/α-hetero) is 1. The first-order valence-corrected chi connectivity index (χ1v) is 6.64. The molecule has 3 nitrogen and oxygen atoms in total. The maximum Gasteiger partial charge on any atom is 0.146 e. The van der Waals surface area contributed by atoms with Crippen molar-refractivity contribution in [3.8, 4) is 0 Å². The molecule has 0 aromatic heterocycles. The van der Waals surface area contributed by atoms with Crippen LogP contribution in [0.3, 0.4) is 0 Å². The number of hydrogen-bond acceptors (Lipinski definition) is 3. The Hall–Kier alpha value is -0.410. The van der Waals surface area contributed by atoms with Crippen molar-refractivity contribution in [3.63, 3.8) is 0 Å². The highest BCUT2D eigenvalue weighted by molar-refractivity contribution is 5.80. The van der Waals surface area contributed by atoms with Crippen LogP contribution in [-0.4, -0.2) is 43.5 Å². The number of carbonyl (C=O) groups excluding carboxylic acids is 1. The van der Waals surface area contributed by atoms with Gasteiger partial charge in [0.15, 0.2) is 0 Å². The van der Waals surface area contributed by atoms with E-state index < -0.39 is 0 Å². The fourth-order valence-electron chi connectivity index (χ4n) is 2.01. The Morgan fingerprint density at radius 2 is 1.81 bits per heavy atom. The van der Waals surface area contributed by atoms with Crippen LogP contribution in [0.2, 0.25) is 0 Å². The molecule has 0 N–H and O–H groups in total. The van der Waals surface area contributed by atoms with Crippen molar-refractivity contribution in [2.45, 2.75) is 45.4 Å². The summed E-state index contributed by atoms with van der Waals surface area (Å²) in [6.45, 7) is 6.25. The third-order valence-electron chi connectivity index (χ3n) is 3.06. The first-order valence-electron chi connectivity index (χ1n) is 6.64. The van der Waals surface area contributed by atoms with Crippen LogP contribution >= 0.6 is 0 Å². The summed E-state index contributed by atoms with van der Waals surface area (Å²) in [6, 6.07) is 0. The second-order valence-electron chi connectivity index (χ2n) is 4.59. The fraction of sp³-hybridized carbons (Fsp3) is 0.923. The van der Waals surface area contributed by atoms with Gasteiger partial charge in [-0.15, -0.1) is 0 Å². The van der Waals surface area contributed by atoms with Gasteiger partial charge in [0, 0.05) is 19.5 Å². The van der Waals surface area contributed by atoms with Crippen molar-refractivity contribution in [2.75, 3.05) is 32.8 Å². The number of ketones is 1. The monoisotopic (exact) mass is 227 g/mol. The van der Waals surface area contributed by atoms with E-state index in [1.807, 2.05) is 0 Å². The van der Waals surface area contributed by atoms with E-state index in [1.54, 1.807) is 0 Å². The van der Waals surface area contributed by atoms with Gasteiger partial charge in [-0.3, -0.25) is 9.69 Å². The lowest BCUT2D eigenvalue weighted by Gasteiger charge is -2.25. The molecule has 0 aromatic rings. The minimum absolute atomic E-state index is 0.401. The van der Waals surface area contributed by atoms with Gasteiger partial charge in [-0.25, -0.2) is 0 Å². The summed E-state index contributed by atoms with van der Waals surface area (Å²) in [7, 11) is 0. The van der Waals surface area contributed by atoms with Gasteiger partial charge < -0.3 is 4.74 Å². The van der Waals surface area contributed by atoms with Crippen molar-refractivity contribution in [1.82, 2.24) is 4.90 Å². The van der Waals surface area contributed by atoms with E-state index in [4.69, 9.17) is 4.74 Å². The topological polar surface area (TPSA) is 29.5 Å². The molecular weight excluding hydrogens is 202 g/mol. The Balaban J connectivity index is 1.97. The average molecular weight is 227 g/mol. The van der Waals surface area contributed by atoms with Gasteiger partial charge in [0.05, 0.1) is 19.8 Å². The van der Waals surface area contributed by atoms with Crippen molar-refractivity contribution in [3.05, 3.63) is 0 Å². The van der Waals surface area contributed by atoms with Gasteiger partial charge >= 0.3 is 0 Å². The maximum absolute atomic E-state index is 11.7. The lowest BCUT2D eigenvalue weighted by Crippen LogP contribution is -2.39. The molecule has 0 aromatic carbocycles. The van der Waals surface area contributed by atoms with Crippen LogP contribution in [-0.2, 0) is 9.53 Å². The molecule has 1 rings (SSSR count). The van der Waals surface area contributed by atoms with Crippen molar-refractivity contribution >= 4 is 5.78 Å². The molecule has 0 spiro atoms. The van der Waals surface area contributed by atoms with Crippen LogP contribution in [0.4, 0.5) is 0 Å². The average Bonchev–Trinajstić information content (AvgIpc) is 2.30. The second-order valence-corrected chi connectivity index (χ2v) is 4.59. The smallest absolute Gasteiger partial charge is 0.146 e. The zero-order valence-corrected chi connectivity index (χ0v) is 10.5. The number of morpholine rings is 1. The molecule has 16 heavy (non-hydrogen) atoms. The van der Waals surface area contributed by atoms with Crippen LogP contribution < -0.4 is 0 Å². The number of unbranched alkanes of at least 4 members (excludes halogenated alkanes) is 4. The normalized spacial score (nSPS) is 17.6. The van der Waals surface area contributed by atoms with Crippen LogP contribution in [0.5, 0.6) is 0 Å². The minimum atomic E-state index is 0.401. The standard InChI is InChI=1S/C13H25NO2/c1-2-3-4-5-6-7-13(15)12-14-8-10-16-11-9-14/h2-12H2,1H3. The molecule has 1 aliphatic rings. The third kappa shape index (κ3) is 6.23. The molecule has 0 bridgehead atoms. The molecule has 1 fully saturated rings. The van der Waals surface area contributed by atoms with Crippen molar-refractivity contribution in [1.29, 1.82) is 0 Å². The predicted molar refractivity (Wildman–Crippen MR) is 65.6 cm³/mol. The lowest BCUT2D eigenvalue weighted by molar-refractivity contribution is -0.121. The number of hydrogen-bond donors (Lipinski definition) is 0. The van der Waals surface area contributed by atoms with Gasteiger partial charge in [0.1, 0.15) is 5.78 Å². The molecule has 1 aliphatic heterocycles. The zero-order chi connectivity index (χ0) is 11.6. The SMILES string of the molecule is CCCCCCCC(=O)CN1CCOCC1. The predicted octanol–water partition coefficient (Wildman–Crippen LogP) is 2.25. The lowest BCUT2D eigenvalue weighted by atomic mass is 10.1. The second kappa shape index (κ2) is 8.71. The van der Waals surface area contributed by atoms with E-state index >= 15 is 0 Å². The summed E-state index contributed by atoms with van der Waals surface area (Å²) in [5.74, 6) is 0.401. The summed E-state index contributed by atoms with van der Waals surface area (Å²) in [5, 5.41) is 0. The van der Waals surface area contributed by atoms with Crippen LogP contribution in [0, 0.1) is 0 Å². The van der Waals surface area contributed by atoms with Crippen LogP contribution in [0.1, 0.15) is 45.4 Å². The van der Waals surface area contributed by atoms with E-state index in [9.17, 15) is 4.79 Å². The van der Waals surface area contributed by atoms with Crippen LogP contribution in [0.25, 0.3) is 0 Å². The fourth-order valence-corrected chi connectivity index (χ4v) is 2.01. The molecule has 0 aliphatic carbocycles. The summed E-state index contributed by atoms with van der Waals surface area (Å²) < 4.78 is 5.25. The maximum atomic E-state index is 11.7. The van der Waals surface area contributed by atoms with Gasteiger partial charge in [0.25, 0.3) is 0 Å². The molecule has 1 heterocycles. The van der Waals surface area contributed by atoms with E-state index in [0.717, 1.165) is 39.1 Å². The Morgan fingerprint density at radius 3 is 2.50 bits per heavy atom. The quantitative estimate of drug-likeness (QED) is 0.596. The summed E-state index contributed by atoms with van der Waals surface area (Å²) in [5.41, 5.74) is 0. The number of nitrogens with zero attached hydrogens (tertiary/aromatic N) is 1. The number of carbonyl (C=O) groups is 1. The van der Waals surface area contributed by atoms with E-state index in [2.05, 4.69) is 11.8 Å². The summed E-state index contributed by atoms with van der Waals surface area (Å²) in [6.07, 6.45) is 6.90. The Morgan fingerprint density at radius 1 is 1.12 bits per heavy atom. The van der Waals surface area contributed by atoms with E-state index in [1.165, 1.54) is 25.7 Å². The minimum Gasteiger partial charge on any atom is -0.379 e. The largest absolute Gasteiger partial charge is 0.379 e. The molecular formula is C13H25NO2. The zero-order valence-electron chi connectivity index (χ0n) is 10.5. The van der Waals surface area contributed by atoms with Gasteiger partial charge in [-0.2, -0.15) is 0 Å². The highest BCUT2D eigenvalue weighted by atomic mass is 16.5. The van der Waals surface area contributed by atoms with Crippen molar-refractivity contribution in [2.24, 2.45) is 0 Å². The third-order valence-corrected chi connectivity index (χ3v) is 3.06. The Bertz CT molecular complexity index is 188. The van der Waals surface area contributed by atoms with Gasteiger partial charge in [-0.1, -0.05) is 32.6 Å². The molecule has 3 heteroatoms. The molecule has 0 atom stereocenters.